The van der Waals surface area contributed by atoms with Gasteiger partial charge in [-0.25, -0.2) is 9.36 Å². The lowest BCUT2D eigenvalue weighted by atomic mass is 10.0. The van der Waals surface area contributed by atoms with Crippen molar-refractivity contribution in [3.8, 4) is 0 Å². The van der Waals surface area contributed by atoms with E-state index in [0.29, 0.717) is 19.4 Å². The molecule has 0 aromatic rings. The van der Waals surface area contributed by atoms with E-state index in [2.05, 4.69) is 31.3 Å². The SMILES string of the molecule is CC(C)C[C@H](NC(=O)[C@@H](NC(=O)[C@H](CCCN=C(N)N)NC(=O)[C@@H](N)CCCCN)[C@@H](C)OP(=O)(O)O)C(=O)N[C@@H](CCCN=C(N)N)C(=O)O. The molecule has 6 atom stereocenters. The van der Waals surface area contributed by atoms with Crippen LogP contribution in [-0.4, -0.2) is 112 Å². The van der Waals surface area contributed by atoms with Crippen LogP contribution in [0.25, 0.3) is 0 Å². The van der Waals surface area contributed by atoms with Gasteiger partial charge in [-0.15, -0.1) is 0 Å². The molecule has 23 heteroatoms. The Hall–Kier alpha value is -4.08. The molecule has 0 aromatic carbocycles. The molecule has 0 fully saturated rings. The van der Waals surface area contributed by atoms with Gasteiger partial charge in [0.05, 0.1) is 12.1 Å². The summed E-state index contributed by atoms with van der Waals surface area (Å²) >= 11 is 0. The van der Waals surface area contributed by atoms with Crippen LogP contribution in [0.4, 0.5) is 0 Å². The Morgan fingerprint density at radius 2 is 1.20 bits per heavy atom. The first-order chi connectivity index (χ1) is 23.7. The number of nitrogens with two attached hydrogens (primary N) is 6. The topological polar surface area (TPSA) is 401 Å². The number of unbranched alkanes of at least 4 members (excludes halogenated alkanes) is 1. The number of phosphoric ester groups is 1. The van der Waals surface area contributed by atoms with Crippen LogP contribution in [-0.2, 0) is 33.1 Å². The van der Waals surface area contributed by atoms with Gasteiger partial charge in [-0.1, -0.05) is 20.3 Å². The number of rotatable bonds is 26. The van der Waals surface area contributed by atoms with Crippen molar-refractivity contribution in [1.82, 2.24) is 21.3 Å². The summed E-state index contributed by atoms with van der Waals surface area (Å²) < 4.78 is 16.4. The number of aliphatic imine (C=N–C) groups is 2. The van der Waals surface area contributed by atoms with Crippen molar-refractivity contribution in [3.63, 3.8) is 0 Å². The van der Waals surface area contributed by atoms with Gasteiger partial charge in [0.1, 0.15) is 24.2 Å². The zero-order valence-corrected chi connectivity index (χ0v) is 30.2. The number of hydrogen-bond acceptors (Lipinski definition) is 11. The second kappa shape index (κ2) is 24.2. The molecule has 0 bridgehead atoms. The van der Waals surface area contributed by atoms with E-state index in [1.165, 1.54) is 0 Å². The summed E-state index contributed by atoms with van der Waals surface area (Å²) in [5, 5.41) is 19.3. The molecule has 0 rings (SSSR count). The number of aliphatic carboxylic acids is 1. The van der Waals surface area contributed by atoms with E-state index in [1.807, 2.05) is 0 Å². The first kappa shape index (κ1) is 46.9. The fourth-order valence-electron chi connectivity index (χ4n) is 4.62. The summed E-state index contributed by atoms with van der Waals surface area (Å²) in [5.41, 5.74) is 32.8. The maximum atomic E-state index is 13.7. The van der Waals surface area contributed by atoms with Gasteiger partial charge in [0.25, 0.3) is 0 Å². The third-order valence-electron chi connectivity index (χ3n) is 7.14. The van der Waals surface area contributed by atoms with Crippen LogP contribution >= 0.6 is 7.82 Å². The average Bonchev–Trinajstić information content (AvgIpc) is 3.00. The fourth-order valence-corrected chi connectivity index (χ4v) is 5.17. The zero-order chi connectivity index (χ0) is 39.3. The van der Waals surface area contributed by atoms with Crippen LogP contribution in [0, 0.1) is 5.92 Å². The second-order valence-electron chi connectivity index (χ2n) is 12.2. The van der Waals surface area contributed by atoms with Crippen LogP contribution in [0.5, 0.6) is 0 Å². The van der Waals surface area contributed by atoms with E-state index in [9.17, 15) is 43.4 Å². The third kappa shape index (κ3) is 21.7. The predicted octanol–water partition coefficient (Wildman–Crippen LogP) is -3.88. The van der Waals surface area contributed by atoms with E-state index in [4.69, 9.17) is 38.9 Å². The van der Waals surface area contributed by atoms with E-state index in [0.717, 1.165) is 6.92 Å². The quantitative estimate of drug-likeness (QED) is 0.0174. The molecule has 0 aromatic heterocycles. The van der Waals surface area contributed by atoms with Gasteiger partial charge >= 0.3 is 13.8 Å². The Kier molecular flexibility index (Phi) is 22.2. The number of carboxylic acids is 1. The number of nitrogens with zero attached hydrogens (tertiary/aromatic N) is 2. The van der Waals surface area contributed by atoms with Gasteiger partial charge < -0.3 is 70.6 Å². The van der Waals surface area contributed by atoms with Gasteiger partial charge in [0.2, 0.25) is 23.6 Å². The van der Waals surface area contributed by atoms with Crippen LogP contribution in [0.15, 0.2) is 9.98 Å². The highest BCUT2D eigenvalue weighted by Gasteiger charge is 2.37. The molecule has 19 N–H and O–H groups in total. The molecule has 4 amide bonds. The molecule has 0 aliphatic carbocycles. The summed E-state index contributed by atoms with van der Waals surface area (Å²) in [6.45, 7) is 5.12. The predicted molar refractivity (Wildman–Crippen MR) is 188 cm³/mol. The molecule has 0 aliphatic rings. The minimum atomic E-state index is -5.22. The van der Waals surface area contributed by atoms with Crippen molar-refractivity contribution < 1.29 is 48.0 Å². The summed E-state index contributed by atoms with van der Waals surface area (Å²) in [5.74, 6) is -5.60. The van der Waals surface area contributed by atoms with Gasteiger partial charge in [-0.05, 0) is 64.3 Å². The summed E-state index contributed by atoms with van der Waals surface area (Å²) in [4.78, 5) is 91.9. The van der Waals surface area contributed by atoms with Gasteiger partial charge in [-0.2, -0.15) is 0 Å². The number of hydrogen-bond donors (Lipinski definition) is 13. The van der Waals surface area contributed by atoms with Crippen LogP contribution in [0.2, 0.25) is 0 Å². The number of carboxylic acid groups (broad SMARTS) is 1. The molecular weight excluding hydrogens is 695 g/mol. The van der Waals surface area contributed by atoms with E-state index in [1.54, 1.807) is 13.8 Å². The number of nitrogens with one attached hydrogen (secondary N) is 4. The largest absolute Gasteiger partial charge is 0.480 e. The minimum Gasteiger partial charge on any atom is -0.480 e. The molecule has 0 saturated carbocycles. The maximum absolute atomic E-state index is 13.7. The second-order valence-corrected chi connectivity index (χ2v) is 13.4. The Morgan fingerprint density at radius 3 is 1.67 bits per heavy atom. The van der Waals surface area contributed by atoms with Crippen LogP contribution < -0.4 is 55.7 Å². The highest BCUT2D eigenvalue weighted by molar-refractivity contribution is 7.46. The monoisotopic (exact) mass is 752 g/mol. The van der Waals surface area contributed by atoms with Crippen molar-refractivity contribution in [2.45, 2.75) is 108 Å². The minimum absolute atomic E-state index is 0.00215. The van der Waals surface area contributed by atoms with E-state index in [-0.39, 0.29) is 69.5 Å². The molecule has 0 aliphatic heterocycles. The maximum Gasteiger partial charge on any atom is 0.469 e. The Labute approximate surface area is 296 Å². The number of carbonyl (C=O) groups excluding carboxylic acids is 4. The molecule has 0 saturated heterocycles. The van der Waals surface area contributed by atoms with Crippen molar-refractivity contribution in [2.24, 2.45) is 50.3 Å². The zero-order valence-electron chi connectivity index (χ0n) is 29.3. The van der Waals surface area contributed by atoms with E-state index < -0.39 is 73.7 Å². The number of amides is 4. The summed E-state index contributed by atoms with van der Waals surface area (Å²) in [7, 11) is -5.22. The third-order valence-corrected chi connectivity index (χ3v) is 7.74. The highest BCUT2D eigenvalue weighted by Crippen LogP contribution is 2.38. The number of guanidine groups is 2. The molecule has 0 radical (unpaired) electrons. The first-order valence-corrected chi connectivity index (χ1v) is 18.0. The van der Waals surface area contributed by atoms with Crippen LogP contribution in [0.3, 0.4) is 0 Å². The molecule has 51 heavy (non-hydrogen) atoms. The van der Waals surface area contributed by atoms with Gasteiger partial charge in [-0.3, -0.25) is 33.7 Å². The molecule has 0 spiro atoms. The molecule has 294 valence electrons. The Balaban J connectivity index is 6.30. The van der Waals surface area contributed by atoms with Crippen molar-refractivity contribution in [2.75, 3.05) is 19.6 Å². The number of phosphoric acid groups is 1. The highest BCUT2D eigenvalue weighted by atomic mass is 31.2. The van der Waals surface area contributed by atoms with Crippen LogP contribution in [0.1, 0.15) is 72.1 Å². The number of carbonyl (C=O) groups is 5. The molecule has 0 heterocycles. The van der Waals surface area contributed by atoms with Crippen molar-refractivity contribution >= 4 is 49.3 Å². The van der Waals surface area contributed by atoms with Crippen molar-refractivity contribution in [1.29, 1.82) is 0 Å². The normalized spacial score (nSPS) is 14.9. The first-order valence-electron chi connectivity index (χ1n) is 16.4. The van der Waals surface area contributed by atoms with Crippen molar-refractivity contribution in [3.05, 3.63) is 0 Å². The Morgan fingerprint density at radius 1 is 0.706 bits per heavy atom. The smallest absolute Gasteiger partial charge is 0.469 e. The summed E-state index contributed by atoms with van der Waals surface area (Å²) in [6, 6.07) is -6.90. The summed E-state index contributed by atoms with van der Waals surface area (Å²) in [6.07, 6.45) is 0.00679. The lowest BCUT2D eigenvalue weighted by Gasteiger charge is -2.29. The van der Waals surface area contributed by atoms with E-state index >= 15 is 0 Å². The molecular formula is C28H57N12O10P. The molecule has 0 unspecified atom stereocenters. The molecule has 22 nitrogen and oxygen atoms in total. The fraction of sp³-hybridized carbons (Fsp3) is 0.750. The Bertz CT molecular complexity index is 1240. The average molecular weight is 753 g/mol. The van der Waals surface area contributed by atoms with Gasteiger partial charge in [0, 0.05) is 13.1 Å². The lowest BCUT2D eigenvalue weighted by molar-refractivity contribution is -0.142. The van der Waals surface area contributed by atoms with Gasteiger partial charge in [0.15, 0.2) is 11.9 Å². The standard InChI is InChI=1S/C28H57N12O10P/c1-15(2)14-20(24(43)38-19(26(45)46)10-7-13-36-28(33)34)39-25(44)21(16(3)50-51(47,48)49)40-23(42)18(9-6-12-35-27(31)32)37-22(41)17(30)8-4-5-11-29/h15-21H,4-14,29-30H2,1-3H3,(H,37,41)(H,38,43)(H,39,44)(H,40,42)(H,45,46)(H4,31,32,35)(H4,33,34,36)(H2,47,48,49)/t16-,17+,18+,19+,20+,21+/m1/s1. The lowest BCUT2D eigenvalue weighted by Crippen LogP contribution is -2.61.